The van der Waals surface area contributed by atoms with Crippen molar-refractivity contribution < 1.29 is 0 Å². The number of benzene rings is 1. The number of fused-ring (bicyclic) bond motifs is 1. The molecule has 0 bridgehead atoms. The van der Waals surface area contributed by atoms with E-state index in [1.165, 1.54) is 10.9 Å². The Balaban J connectivity index is 2.36. The summed E-state index contributed by atoms with van der Waals surface area (Å²) in [6.45, 7) is 3.97. The summed E-state index contributed by atoms with van der Waals surface area (Å²) in [5.74, 6) is 0. The fourth-order valence-electron chi connectivity index (χ4n) is 1.58. The van der Waals surface area contributed by atoms with E-state index in [2.05, 4.69) is 41.7 Å². The number of aromatic nitrogens is 2. The van der Waals surface area contributed by atoms with Gasteiger partial charge in [-0.2, -0.15) is 5.10 Å². The van der Waals surface area contributed by atoms with Crippen LogP contribution in [-0.2, 0) is 6.54 Å². The predicted molar refractivity (Wildman–Crippen MR) is 58.4 cm³/mol. The SMILES string of the molecule is CNCCn1cc2cccc(C)c2n1. The van der Waals surface area contributed by atoms with Crippen LogP contribution in [0.4, 0.5) is 0 Å². The molecule has 0 amide bonds. The Labute approximate surface area is 83.7 Å². The molecule has 0 aliphatic carbocycles. The summed E-state index contributed by atoms with van der Waals surface area (Å²) in [7, 11) is 1.95. The average molecular weight is 189 g/mol. The first-order valence-corrected chi connectivity index (χ1v) is 4.88. The lowest BCUT2D eigenvalue weighted by molar-refractivity contribution is 0.589. The topological polar surface area (TPSA) is 29.9 Å². The van der Waals surface area contributed by atoms with Gasteiger partial charge < -0.3 is 5.32 Å². The standard InChI is InChI=1S/C11H15N3/c1-9-4-3-5-10-8-14(7-6-12-2)13-11(9)10/h3-5,8,12H,6-7H2,1-2H3. The van der Waals surface area contributed by atoms with Crippen molar-refractivity contribution in [1.29, 1.82) is 0 Å². The lowest BCUT2D eigenvalue weighted by atomic mass is 10.2. The van der Waals surface area contributed by atoms with Gasteiger partial charge in [0, 0.05) is 18.1 Å². The molecule has 0 aliphatic heterocycles. The maximum atomic E-state index is 4.53. The van der Waals surface area contributed by atoms with E-state index in [9.17, 15) is 0 Å². The number of nitrogens with zero attached hydrogens (tertiary/aromatic N) is 2. The summed E-state index contributed by atoms with van der Waals surface area (Å²) in [6, 6.07) is 6.27. The molecule has 0 radical (unpaired) electrons. The minimum Gasteiger partial charge on any atom is -0.318 e. The zero-order valence-electron chi connectivity index (χ0n) is 8.62. The van der Waals surface area contributed by atoms with Crippen molar-refractivity contribution in [3.8, 4) is 0 Å². The molecule has 0 aliphatic rings. The van der Waals surface area contributed by atoms with Crippen LogP contribution in [0.25, 0.3) is 10.9 Å². The van der Waals surface area contributed by atoms with Crippen LogP contribution in [0.15, 0.2) is 24.4 Å². The van der Waals surface area contributed by atoms with Crippen LogP contribution in [0.5, 0.6) is 0 Å². The smallest absolute Gasteiger partial charge is 0.0952 e. The highest BCUT2D eigenvalue weighted by molar-refractivity contribution is 5.81. The van der Waals surface area contributed by atoms with Gasteiger partial charge in [-0.25, -0.2) is 0 Å². The molecule has 0 fully saturated rings. The van der Waals surface area contributed by atoms with Crippen LogP contribution in [0.3, 0.4) is 0 Å². The quantitative estimate of drug-likeness (QED) is 0.794. The number of aryl methyl sites for hydroxylation is 1. The van der Waals surface area contributed by atoms with Gasteiger partial charge in [-0.3, -0.25) is 4.68 Å². The predicted octanol–water partition coefficient (Wildman–Crippen LogP) is 1.56. The molecule has 1 aromatic carbocycles. The van der Waals surface area contributed by atoms with Gasteiger partial charge in [0.05, 0.1) is 12.1 Å². The zero-order valence-corrected chi connectivity index (χ0v) is 8.62. The number of hydrogen-bond acceptors (Lipinski definition) is 2. The third-order valence-corrected chi connectivity index (χ3v) is 2.38. The summed E-state index contributed by atoms with van der Waals surface area (Å²) in [5.41, 5.74) is 2.36. The maximum absolute atomic E-state index is 4.53. The summed E-state index contributed by atoms with van der Waals surface area (Å²) in [4.78, 5) is 0. The van der Waals surface area contributed by atoms with Crippen LogP contribution >= 0.6 is 0 Å². The Morgan fingerprint density at radius 3 is 3.00 bits per heavy atom. The largest absolute Gasteiger partial charge is 0.318 e. The molecule has 3 nitrogen and oxygen atoms in total. The first kappa shape index (κ1) is 9.21. The first-order chi connectivity index (χ1) is 6.81. The van der Waals surface area contributed by atoms with Gasteiger partial charge in [-0.15, -0.1) is 0 Å². The number of likely N-dealkylation sites (N-methyl/N-ethyl adjacent to an activating group) is 1. The highest BCUT2D eigenvalue weighted by Crippen LogP contribution is 2.15. The molecular formula is C11H15N3. The van der Waals surface area contributed by atoms with E-state index in [1.807, 2.05) is 11.7 Å². The number of hydrogen-bond donors (Lipinski definition) is 1. The fourth-order valence-corrected chi connectivity index (χ4v) is 1.58. The van der Waals surface area contributed by atoms with Gasteiger partial charge in [0.25, 0.3) is 0 Å². The lowest BCUT2D eigenvalue weighted by Crippen LogP contribution is -2.15. The van der Waals surface area contributed by atoms with Crippen molar-refractivity contribution >= 4 is 10.9 Å². The van der Waals surface area contributed by atoms with Crippen molar-refractivity contribution in [3.63, 3.8) is 0 Å². The molecule has 2 aromatic rings. The van der Waals surface area contributed by atoms with Crippen LogP contribution in [0.1, 0.15) is 5.56 Å². The summed E-state index contributed by atoms with van der Waals surface area (Å²) < 4.78 is 1.99. The number of rotatable bonds is 3. The molecule has 0 saturated carbocycles. The molecular weight excluding hydrogens is 174 g/mol. The second-order valence-corrected chi connectivity index (χ2v) is 3.51. The average Bonchev–Trinajstić information content (AvgIpc) is 2.59. The van der Waals surface area contributed by atoms with Gasteiger partial charge >= 0.3 is 0 Å². The van der Waals surface area contributed by atoms with Gasteiger partial charge in [-0.05, 0) is 19.5 Å². The zero-order chi connectivity index (χ0) is 9.97. The van der Waals surface area contributed by atoms with Gasteiger partial charge in [-0.1, -0.05) is 18.2 Å². The van der Waals surface area contributed by atoms with E-state index in [0.717, 1.165) is 18.6 Å². The van der Waals surface area contributed by atoms with Crippen molar-refractivity contribution in [1.82, 2.24) is 15.1 Å². The van der Waals surface area contributed by atoms with E-state index in [-0.39, 0.29) is 0 Å². The molecule has 1 N–H and O–H groups in total. The monoisotopic (exact) mass is 189 g/mol. The van der Waals surface area contributed by atoms with E-state index < -0.39 is 0 Å². The number of nitrogens with one attached hydrogen (secondary N) is 1. The Bertz CT molecular complexity index is 431. The molecule has 0 saturated heterocycles. The van der Waals surface area contributed by atoms with Crippen LogP contribution in [-0.4, -0.2) is 23.4 Å². The van der Waals surface area contributed by atoms with Crippen molar-refractivity contribution in [3.05, 3.63) is 30.0 Å². The minimum absolute atomic E-state index is 0.921. The molecule has 2 rings (SSSR count). The summed E-state index contributed by atoms with van der Waals surface area (Å²) in [5, 5.41) is 8.86. The van der Waals surface area contributed by atoms with E-state index >= 15 is 0 Å². The second kappa shape index (κ2) is 3.80. The Morgan fingerprint density at radius 1 is 1.43 bits per heavy atom. The molecule has 0 atom stereocenters. The third-order valence-electron chi connectivity index (χ3n) is 2.38. The highest BCUT2D eigenvalue weighted by atomic mass is 15.3. The maximum Gasteiger partial charge on any atom is 0.0952 e. The normalized spacial score (nSPS) is 11.0. The molecule has 1 heterocycles. The molecule has 3 heteroatoms. The Hall–Kier alpha value is -1.35. The van der Waals surface area contributed by atoms with Crippen LogP contribution in [0, 0.1) is 6.92 Å². The summed E-state index contributed by atoms with van der Waals surface area (Å²) >= 11 is 0. The van der Waals surface area contributed by atoms with E-state index in [0.29, 0.717) is 0 Å². The molecule has 0 unspecified atom stereocenters. The lowest BCUT2D eigenvalue weighted by Gasteiger charge is -1.98. The fraction of sp³-hybridized carbons (Fsp3) is 0.364. The Morgan fingerprint density at radius 2 is 2.29 bits per heavy atom. The van der Waals surface area contributed by atoms with Gasteiger partial charge in [0.1, 0.15) is 0 Å². The summed E-state index contributed by atoms with van der Waals surface area (Å²) in [6.07, 6.45) is 2.10. The molecule has 0 spiro atoms. The first-order valence-electron chi connectivity index (χ1n) is 4.88. The van der Waals surface area contributed by atoms with Gasteiger partial charge in [0.15, 0.2) is 0 Å². The minimum atomic E-state index is 0.921. The van der Waals surface area contributed by atoms with E-state index in [4.69, 9.17) is 0 Å². The van der Waals surface area contributed by atoms with Gasteiger partial charge in [0.2, 0.25) is 0 Å². The molecule has 74 valence electrons. The van der Waals surface area contributed by atoms with Crippen molar-refractivity contribution in [2.45, 2.75) is 13.5 Å². The van der Waals surface area contributed by atoms with Crippen LogP contribution < -0.4 is 5.32 Å². The Kier molecular flexibility index (Phi) is 2.50. The van der Waals surface area contributed by atoms with Crippen molar-refractivity contribution in [2.75, 3.05) is 13.6 Å². The molecule has 14 heavy (non-hydrogen) atoms. The van der Waals surface area contributed by atoms with Crippen molar-refractivity contribution in [2.24, 2.45) is 0 Å². The third kappa shape index (κ3) is 1.63. The second-order valence-electron chi connectivity index (χ2n) is 3.51. The highest BCUT2D eigenvalue weighted by Gasteiger charge is 2.01. The van der Waals surface area contributed by atoms with E-state index in [1.54, 1.807) is 0 Å². The van der Waals surface area contributed by atoms with Crippen LogP contribution in [0.2, 0.25) is 0 Å². The molecule has 1 aromatic heterocycles.